The van der Waals surface area contributed by atoms with E-state index in [1.54, 1.807) is 18.6 Å². The average molecular weight is 149 g/mol. The Morgan fingerprint density at radius 1 is 1.55 bits per heavy atom. The van der Waals surface area contributed by atoms with Crippen LogP contribution in [-0.2, 0) is 0 Å². The van der Waals surface area contributed by atoms with E-state index in [1.165, 1.54) is 6.42 Å². The fourth-order valence-corrected chi connectivity index (χ4v) is 1.09. The molecule has 1 aromatic rings. The molecule has 1 N–H and O–H groups in total. The summed E-state index contributed by atoms with van der Waals surface area (Å²) in [6.45, 7) is 2.23. The van der Waals surface area contributed by atoms with Gasteiger partial charge in [0.15, 0.2) is 0 Å². The molecule has 1 saturated carbocycles. The molecular weight excluding hydrogens is 138 g/mol. The lowest BCUT2D eigenvalue weighted by atomic mass is 10.5. The first-order valence-corrected chi connectivity index (χ1v) is 3.89. The smallest absolute Gasteiger partial charge is 0.144 e. The number of nitrogens with zero attached hydrogens (tertiary/aromatic N) is 2. The van der Waals surface area contributed by atoms with Crippen molar-refractivity contribution in [2.75, 3.05) is 5.32 Å². The van der Waals surface area contributed by atoms with Gasteiger partial charge in [0.2, 0.25) is 0 Å². The Hall–Kier alpha value is -1.12. The van der Waals surface area contributed by atoms with Crippen LogP contribution in [0.4, 0.5) is 5.82 Å². The van der Waals surface area contributed by atoms with Crippen LogP contribution in [0.5, 0.6) is 0 Å². The van der Waals surface area contributed by atoms with Crippen molar-refractivity contribution in [3.63, 3.8) is 0 Å². The zero-order valence-corrected chi connectivity index (χ0v) is 6.49. The van der Waals surface area contributed by atoms with Gasteiger partial charge in [0.25, 0.3) is 0 Å². The quantitative estimate of drug-likeness (QED) is 0.688. The Kier molecular flexibility index (Phi) is 1.49. The molecule has 11 heavy (non-hydrogen) atoms. The number of hydrogen-bond donors (Lipinski definition) is 1. The van der Waals surface area contributed by atoms with Gasteiger partial charge in [0.1, 0.15) is 5.82 Å². The average Bonchev–Trinajstić information content (AvgIpc) is 2.69. The molecule has 1 aromatic heterocycles. The lowest BCUT2D eigenvalue weighted by molar-refractivity contribution is 0.921. The summed E-state index contributed by atoms with van der Waals surface area (Å²) in [6.07, 6.45) is 6.40. The van der Waals surface area contributed by atoms with E-state index in [-0.39, 0.29) is 0 Å². The fourth-order valence-electron chi connectivity index (χ4n) is 1.09. The molecule has 1 heterocycles. The van der Waals surface area contributed by atoms with Crippen molar-refractivity contribution in [3.05, 3.63) is 18.6 Å². The molecule has 3 nitrogen and oxygen atoms in total. The van der Waals surface area contributed by atoms with Crippen LogP contribution in [-0.4, -0.2) is 16.0 Å². The molecule has 0 radical (unpaired) electrons. The molecule has 0 aliphatic heterocycles. The maximum Gasteiger partial charge on any atom is 0.144 e. The molecule has 2 atom stereocenters. The van der Waals surface area contributed by atoms with E-state index in [2.05, 4.69) is 22.2 Å². The molecule has 0 amide bonds. The van der Waals surface area contributed by atoms with Crippen molar-refractivity contribution < 1.29 is 0 Å². The van der Waals surface area contributed by atoms with Crippen molar-refractivity contribution in [1.29, 1.82) is 0 Å². The summed E-state index contributed by atoms with van der Waals surface area (Å²) < 4.78 is 0. The first-order chi connectivity index (χ1) is 5.36. The van der Waals surface area contributed by atoms with Crippen molar-refractivity contribution in [2.45, 2.75) is 19.4 Å². The maximum atomic E-state index is 4.12. The first-order valence-electron chi connectivity index (χ1n) is 3.89. The monoisotopic (exact) mass is 149 g/mol. The Bertz CT molecular complexity index is 234. The summed E-state index contributed by atoms with van der Waals surface area (Å²) >= 11 is 0. The van der Waals surface area contributed by atoms with E-state index in [4.69, 9.17) is 0 Å². The molecular formula is C8H11N3. The minimum absolute atomic E-state index is 0.631. The minimum Gasteiger partial charge on any atom is -0.366 e. The van der Waals surface area contributed by atoms with Crippen molar-refractivity contribution in [3.8, 4) is 0 Å². The number of nitrogens with one attached hydrogen (secondary N) is 1. The normalized spacial score (nSPS) is 28.1. The second-order valence-electron chi connectivity index (χ2n) is 3.05. The molecule has 2 rings (SSSR count). The lowest BCUT2D eigenvalue weighted by Gasteiger charge is -2.00. The van der Waals surface area contributed by atoms with Gasteiger partial charge in [-0.2, -0.15) is 0 Å². The Labute approximate surface area is 65.9 Å². The second kappa shape index (κ2) is 2.49. The Balaban J connectivity index is 1.97. The van der Waals surface area contributed by atoms with Crippen LogP contribution >= 0.6 is 0 Å². The molecule has 1 aliphatic carbocycles. The topological polar surface area (TPSA) is 37.8 Å². The summed E-state index contributed by atoms with van der Waals surface area (Å²) in [5, 5.41) is 3.29. The number of hydrogen-bond acceptors (Lipinski definition) is 3. The van der Waals surface area contributed by atoms with Crippen molar-refractivity contribution >= 4 is 5.82 Å². The largest absolute Gasteiger partial charge is 0.366 e. The van der Waals surface area contributed by atoms with Gasteiger partial charge < -0.3 is 5.32 Å². The summed E-state index contributed by atoms with van der Waals surface area (Å²) in [5.74, 6) is 1.69. The summed E-state index contributed by atoms with van der Waals surface area (Å²) in [4.78, 5) is 8.09. The van der Waals surface area contributed by atoms with E-state index < -0.39 is 0 Å². The zero-order chi connectivity index (χ0) is 7.68. The van der Waals surface area contributed by atoms with Crippen LogP contribution in [0.2, 0.25) is 0 Å². The van der Waals surface area contributed by atoms with Gasteiger partial charge in [-0.25, -0.2) is 4.98 Å². The molecule has 58 valence electrons. The third-order valence-electron chi connectivity index (χ3n) is 2.01. The third-order valence-corrected chi connectivity index (χ3v) is 2.01. The predicted molar refractivity (Wildman–Crippen MR) is 43.2 cm³/mol. The van der Waals surface area contributed by atoms with Gasteiger partial charge in [0.05, 0.1) is 6.20 Å². The fraction of sp³-hybridized carbons (Fsp3) is 0.500. The van der Waals surface area contributed by atoms with E-state index in [1.807, 2.05) is 0 Å². The summed E-state index contributed by atoms with van der Waals surface area (Å²) in [5.41, 5.74) is 0. The van der Waals surface area contributed by atoms with Gasteiger partial charge in [-0.15, -0.1) is 0 Å². The molecule has 0 aromatic carbocycles. The summed E-state index contributed by atoms with van der Waals surface area (Å²) in [7, 11) is 0. The number of aromatic nitrogens is 2. The van der Waals surface area contributed by atoms with Crippen LogP contribution < -0.4 is 5.32 Å². The van der Waals surface area contributed by atoms with Crippen LogP contribution in [0.3, 0.4) is 0 Å². The lowest BCUT2D eigenvalue weighted by Crippen LogP contribution is -2.04. The summed E-state index contributed by atoms with van der Waals surface area (Å²) in [6, 6.07) is 0.631. The van der Waals surface area contributed by atoms with Gasteiger partial charge in [-0.05, 0) is 12.3 Å². The van der Waals surface area contributed by atoms with Gasteiger partial charge in [0, 0.05) is 18.4 Å². The highest BCUT2D eigenvalue weighted by Crippen LogP contribution is 2.31. The minimum atomic E-state index is 0.631. The highest BCUT2D eigenvalue weighted by Gasteiger charge is 2.32. The zero-order valence-electron chi connectivity index (χ0n) is 6.49. The molecule has 0 bridgehead atoms. The van der Waals surface area contributed by atoms with Crippen LogP contribution in [0.25, 0.3) is 0 Å². The highest BCUT2D eigenvalue weighted by molar-refractivity contribution is 5.33. The second-order valence-corrected chi connectivity index (χ2v) is 3.05. The number of anilines is 1. The van der Waals surface area contributed by atoms with E-state index >= 15 is 0 Å². The van der Waals surface area contributed by atoms with E-state index in [0.717, 1.165) is 11.7 Å². The van der Waals surface area contributed by atoms with Crippen molar-refractivity contribution in [2.24, 2.45) is 5.92 Å². The molecule has 2 unspecified atom stereocenters. The highest BCUT2D eigenvalue weighted by atomic mass is 15.1. The van der Waals surface area contributed by atoms with Gasteiger partial charge in [-0.1, -0.05) is 6.92 Å². The Morgan fingerprint density at radius 3 is 2.91 bits per heavy atom. The molecule has 3 heteroatoms. The van der Waals surface area contributed by atoms with Crippen LogP contribution in [0.15, 0.2) is 18.6 Å². The van der Waals surface area contributed by atoms with Crippen LogP contribution in [0.1, 0.15) is 13.3 Å². The SMILES string of the molecule is CC1CC1Nc1cnccn1. The van der Waals surface area contributed by atoms with Crippen LogP contribution in [0, 0.1) is 5.92 Å². The first kappa shape index (κ1) is 6.58. The van der Waals surface area contributed by atoms with E-state index in [0.29, 0.717) is 6.04 Å². The van der Waals surface area contributed by atoms with Crippen molar-refractivity contribution in [1.82, 2.24) is 9.97 Å². The maximum absolute atomic E-state index is 4.12. The molecule has 0 spiro atoms. The van der Waals surface area contributed by atoms with E-state index in [9.17, 15) is 0 Å². The third kappa shape index (κ3) is 1.48. The molecule has 1 fully saturated rings. The molecule has 0 saturated heterocycles. The number of rotatable bonds is 2. The molecule has 1 aliphatic rings. The van der Waals surface area contributed by atoms with Gasteiger partial charge in [-0.3, -0.25) is 4.98 Å². The predicted octanol–water partition coefficient (Wildman–Crippen LogP) is 1.30. The standard InChI is InChI=1S/C8H11N3/c1-6-4-7(6)11-8-5-9-2-3-10-8/h2-3,5-7H,4H2,1H3,(H,10,11). The van der Waals surface area contributed by atoms with Gasteiger partial charge >= 0.3 is 0 Å². The Morgan fingerprint density at radius 2 is 2.36 bits per heavy atom.